The van der Waals surface area contributed by atoms with Crippen molar-refractivity contribution in [3.05, 3.63) is 29.6 Å². The summed E-state index contributed by atoms with van der Waals surface area (Å²) in [7, 11) is -1.91. The molecule has 0 bridgehead atoms. The van der Waals surface area contributed by atoms with E-state index in [1.54, 1.807) is 0 Å². The summed E-state index contributed by atoms with van der Waals surface area (Å²) in [5, 5.41) is 8.94. The number of halogens is 1. The van der Waals surface area contributed by atoms with Crippen LogP contribution in [0.2, 0.25) is 0 Å². The Bertz CT molecular complexity index is 591. The number of sulfonamides is 1. The Morgan fingerprint density at radius 2 is 2.10 bits per heavy atom. The number of likely N-dealkylation sites (N-methyl/N-ethyl adjacent to an activating group) is 1. The number of aliphatic hydroxyl groups is 1. The second kappa shape index (κ2) is 5.77. The summed E-state index contributed by atoms with van der Waals surface area (Å²) in [6.07, 6.45) is 0. The van der Waals surface area contributed by atoms with Gasteiger partial charge in [-0.1, -0.05) is 6.07 Å². The van der Waals surface area contributed by atoms with Crippen molar-refractivity contribution in [2.75, 3.05) is 26.7 Å². The highest BCUT2D eigenvalue weighted by Crippen LogP contribution is 2.24. The number of benzene rings is 1. The van der Waals surface area contributed by atoms with Gasteiger partial charge in [-0.25, -0.2) is 12.8 Å². The van der Waals surface area contributed by atoms with Gasteiger partial charge in [0.2, 0.25) is 10.0 Å². The van der Waals surface area contributed by atoms with Crippen molar-refractivity contribution in [1.82, 2.24) is 9.21 Å². The van der Waals surface area contributed by atoms with Crippen LogP contribution in [0.3, 0.4) is 0 Å². The predicted molar refractivity (Wildman–Crippen MR) is 73.2 cm³/mol. The van der Waals surface area contributed by atoms with Crippen LogP contribution in [-0.4, -0.2) is 55.5 Å². The smallest absolute Gasteiger partial charge is 0.246 e. The summed E-state index contributed by atoms with van der Waals surface area (Å²) in [6.45, 7) is 3.09. The number of rotatable bonds is 3. The first-order valence-electron chi connectivity index (χ1n) is 6.46. The van der Waals surface area contributed by atoms with Crippen molar-refractivity contribution >= 4 is 10.0 Å². The lowest BCUT2D eigenvalue weighted by Crippen LogP contribution is -2.52. The number of nitrogens with zero attached hydrogens (tertiary/aromatic N) is 2. The molecule has 1 atom stereocenters. The summed E-state index contributed by atoms with van der Waals surface area (Å²) in [6, 6.07) is 3.52. The highest BCUT2D eigenvalue weighted by atomic mass is 32.2. The Labute approximate surface area is 118 Å². The molecular weight excluding hydrogens is 283 g/mol. The zero-order valence-electron chi connectivity index (χ0n) is 11.6. The van der Waals surface area contributed by atoms with E-state index >= 15 is 0 Å². The van der Waals surface area contributed by atoms with Crippen LogP contribution in [0.1, 0.15) is 12.5 Å². The first-order chi connectivity index (χ1) is 9.36. The summed E-state index contributed by atoms with van der Waals surface area (Å²) in [5.41, 5.74) is 0.355. The van der Waals surface area contributed by atoms with E-state index in [0.717, 1.165) is 6.07 Å². The molecule has 0 saturated carbocycles. The number of piperazine rings is 1. The minimum Gasteiger partial charge on any atom is -0.392 e. The molecule has 0 spiro atoms. The summed E-state index contributed by atoms with van der Waals surface area (Å²) < 4.78 is 40.4. The second-order valence-electron chi connectivity index (χ2n) is 5.15. The molecule has 1 fully saturated rings. The van der Waals surface area contributed by atoms with Crippen molar-refractivity contribution in [3.8, 4) is 0 Å². The lowest BCUT2D eigenvalue weighted by Gasteiger charge is -2.37. The van der Waals surface area contributed by atoms with Gasteiger partial charge in [-0.2, -0.15) is 4.31 Å². The summed E-state index contributed by atoms with van der Waals surface area (Å²) >= 11 is 0. The molecule has 0 aromatic heterocycles. The molecule has 2 rings (SSSR count). The van der Waals surface area contributed by atoms with Crippen LogP contribution < -0.4 is 0 Å². The number of hydrogen-bond donors (Lipinski definition) is 1. The molecule has 20 heavy (non-hydrogen) atoms. The maximum absolute atomic E-state index is 14.0. The van der Waals surface area contributed by atoms with Crippen LogP contribution in [0.15, 0.2) is 23.1 Å². The third-order valence-corrected chi connectivity index (χ3v) is 5.58. The van der Waals surface area contributed by atoms with E-state index in [-0.39, 0.29) is 17.5 Å². The molecule has 1 N–H and O–H groups in total. The first kappa shape index (κ1) is 15.4. The fourth-order valence-corrected chi connectivity index (χ4v) is 4.12. The van der Waals surface area contributed by atoms with Gasteiger partial charge in [-0.05, 0) is 31.7 Å². The van der Waals surface area contributed by atoms with E-state index in [2.05, 4.69) is 0 Å². The van der Waals surface area contributed by atoms with Gasteiger partial charge in [0.15, 0.2) is 0 Å². The van der Waals surface area contributed by atoms with E-state index in [0.29, 0.717) is 25.2 Å². The van der Waals surface area contributed by atoms with Crippen molar-refractivity contribution < 1.29 is 17.9 Å². The van der Waals surface area contributed by atoms with Gasteiger partial charge < -0.3 is 10.0 Å². The maximum Gasteiger partial charge on any atom is 0.246 e. The zero-order valence-corrected chi connectivity index (χ0v) is 12.4. The van der Waals surface area contributed by atoms with E-state index in [1.165, 1.54) is 16.4 Å². The van der Waals surface area contributed by atoms with Gasteiger partial charge in [0.25, 0.3) is 0 Å². The molecule has 1 aliphatic rings. The summed E-state index contributed by atoms with van der Waals surface area (Å²) in [5.74, 6) is -0.817. The van der Waals surface area contributed by atoms with Gasteiger partial charge in [0.1, 0.15) is 10.7 Å². The van der Waals surface area contributed by atoms with Crippen LogP contribution in [-0.2, 0) is 16.6 Å². The fourth-order valence-electron chi connectivity index (χ4n) is 2.46. The van der Waals surface area contributed by atoms with Gasteiger partial charge >= 0.3 is 0 Å². The molecule has 112 valence electrons. The summed E-state index contributed by atoms with van der Waals surface area (Å²) in [4.78, 5) is 1.72. The van der Waals surface area contributed by atoms with Crippen molar-refractivity contribution in [2.24, 2.45) is 0 Å². The van der Waals surface area contributed by atoms with E-state index < -0.39 is 15.8 Å². The van der Waals surface area contributed by atoms with Crippen molar-refractivity contribution in [1.29, 1.82) is 0 Å². The zero-order chi connectivity index (χ0) is 14.9. The maximum atomic E-state index is 14.0. The van der Waals surface area contributed by atoms with Gasteiger partial charge in [0, 0.05) is 25.7 Å². The Morgan fingerprint density at radius 1 is 1.40 bits per heavy atom. The first-order valence-corrected chi connectivity index (χ1v) is 7.90. The molecule has 1 aromatic rings. The molecule has 1 aliphatic heterocycles. The van der Waals surface area contributed by atoms with Crippen LogP contribution in [0, 0.1) is 5.82 Å². The predicted octanol–water partition coefficient (Wildman–Crippen LogP) is 0.643. The molecule has 0 radical (unpaired) electrons. The molecule has 5 nitrogen and oxygen atoms in total. The normalized spacial score (nSPS) is 22.1. The quantitative estimate of drug-likeness (QED) is 0.890. The van der Waals surface area contributed by atoms with Gasteiger partial charge in [0.05, 0.1) is 6.61 Å². The fraction of sp³-hybridized carbons (Fsp3) is 0.538. The molecule has 7 heteroatoms. The minimum atomic E-state index is -3.84. The molecule has 0 amide bonds. The van der Waals surface area contributed by atoms with Crippen LogP contribution in [0.25, 0.3) is 0 Å². The molecule has 1 saturated heterocycles. The monoisotopic (exact) mass is 302 g/mol. The van der Waals surface area contributed by atoms with Crippen molar-refractivity contribution in [3.63, 3.8) is 0 Å². The molecule has 1 unspecified atom stereocenters. The topological polar surface area (TPSA) is 60.9 Å². The van der Waals surface area contributed by atoms with Crippen molar-refractivity contribution in [2.45, 2.75) is 24.5 Å². The second-order valence-corrected chi connectivity index (χ2v) is 7.01. The van der Waals surface area contributed by atoms with Crippen LogP contribution in [0.5, 0.6) is 0 Å². The Balaban J connectivity index is 2.35. The van der Waals surface area contributed by atoms with Gasteiger partial charge in [-0.15, -0.1) is 0 Å². The molecule has 1 aromatic carbocycles. The third kappa shape index (κ3) is 2.85. The standard InChI is InChI=1S/C13H19FN2O3S/c1-10-8-15(2)5-6-16(10)20(18,19)13-4-3-11(9-17)7-12(13)14/h3-4,7,10,17H,5-6,8-9H2,1-2H3. The third-order valence-electron chi connectivity index (χ3n) is 3.54. The lowest BCUT2D eigenvalue weighted by atomic mass is 10.2. The van der Waals surface area contributed by atoms with Crippen LogP contribution in [0.4, 0.5) is 4.39 Å². The number of aliphatic hydroxyl groups excluding tert-OH is 1. The Hall–Kier alpha value is -1.02. The van der Waals surface area contributed by atoms with E-state index in [9.17, 15) is 12.8 Å². The average Bonchev–Trinajstić information content (AvgIpc) is 2.37. The van der Waals surface area contributed by atoms with E-state index in [1.807, 2.05) is 18.9 Å². The molecule has 0 aliphatic carbocycles. The molecule has 1 heterocycles. The Kier molecular flexibility index (Phi) is 4.43. The average molecular weight is 302 g/mol. The van der Waals surface area contributed by atoms with Gasteiger partial charge in [-0.3, -0.25) is 0 Å². The SMILES string of the molecule is CC1CN(C)CCN1S(=O)(=O)c1ccc(CO)cc1F. The highest BCUT2D eigenvalue weighted by molar-refractivity contribution is 7.89. The van der Waals surface area contributed by atoms with Crippen LogP contribution >= 0.6 is 0 Å². The largest absolute Gasteiger partial charge is 0.392 e. The highest BCUT2D eigenvalue weighted by Gasteiger charge is 2.34. The minimum absolute atomic E-state index is 0.198. The Morgan fingerprint density at radius 3 is 2.65 bits per heavy atom. The van der Waals surface area contributed by atoms with E-state index in [4.69, 9.17) is 5.11 Å². The number of hydrogen-bond acceptors (Lipinski definition) is 4. The lowest BCUT2D eigenvalue weighted by molar-refractivity contribution is 0.170. The molecular formula is C13H19FN2O3S.